The van der Waals surface area contributed by atoms with Gasteiger partial charge in [0.05, 0.1) is 13.2 Å². The molecule has 2 nitrogen and oxygen atoms in total. The third kappa shape index (κ3) is 3.33. The Morgan fingerprint density at radius 1 is 1.15 bits per heavy atom. The van der Waals surface area contributed by atoms with Crippen LogP contribution in [0.15, 0.2) is 36.4 Å². The Hall–Kier alpha value is -1.51. The Balaban J connectivity index is 2.23. The molecule has 20 heavy (non-hydrogen) atoms. The van der Waals surface area contributed by atoms with Gasteiger partial charge in [0.2, 0.25) is 0 Å². The SMILES string of the molecule is COc1cccc(CC(O)c2cc(C)c(C)cc2Cl)c1. The standard InChI is InChI=1S/C17H19ClO2/c1-11-7-15(16(18)8-12(11)2)17(19)10-13-5-4-6-14(9-13)20-3/h4-9,17,19H,10H2,1-3H3. The summed E-state index contributed by atoms with van der Waals surface area (Å²) in [7, 11) is 1.63. The van der Waals surface area contributed by atoms with Crippen LogP contribution in [-0.2, 0) is 6.42 Å². The molecule has 0 aliphatic heterocycles. The first-order chi connectivity index (χ1) is 9.51. The number of ether oxygens (including phenoxy) is 1. The molecule has 106 valence electrons. The number of hydrogen-bond acceptors (Lipinski definition) is 2. The highest BCUT2D eigenvalue weighted by Gasteiger charge is 2.14. The molecule has 3 heteroatoms. The fraction of sp³-hybridized carbons (Fsp3) is 0.294. The average molecular weight is 291 g/mol. The van der Waals surface area contributed by atoms with E-state index in [1.165, 1.54) is 0 Å². The van der Waals surface area contributed by atoms with Crippen LogP contribution in [0, 0.1) is 13.8 Å². The lowest BCUT2D eigenvalue weighted by atomic mass is 9.98. The van der Waals surface area contributed by atoms with Gasteiger partial charge in [-0.2, -0.15) is 0 Å². The summed E-state index contributed by atoms with van der Waals surface area (Å²) >= 11 is 6.24. The molecule has 0 aromatic heterocycles. The van der Waals surface area contributed by atoms with E-state index in [1.807, 2.05) is 50.2 Å². The minimum Gasteiger partial charge on any atom is -0.497 e. The minimum atomic E-state index is -0.617. The van der Waals surface area contributed by atoms with Crippen molar-refractivity contribution in [3.8, 4) is 5.75 Å². The van der Waals surface area contributed by atoms with Crippen molar-refractivity contribution in [3.63, 3.8) is 0 Å². The Kier molecular flexibility index (Phi) is 4.69. The molecule has 0 fully saturated rings. The van der Waals surface area contributed by atoms with Gasteiger partial charge in [0.15, 0.2) is 0 Å². The van der Waals surface area contributed by atoms with Gasteiger partial charge in [-0.25, -0.2) is 0 Å². The maximum Gasteiger partial charge on any atom is 0.119 e. The number of methoxy groups -OCH3 is 1. The second-order valence-electron chi connectivity index (χ2n) is 5.03. The summed E-state index contributed by atoms with van der Waals surface area (Å²) in [5.41, 5.74) is 4.06. The number of aliphatic hydroxyl groups is 1. The van der Waals surface area contributed by atoms with Crippen molar-refractivity contribution in [2.24, 2.45) is 0 Å². The van der Waals surface area contributed by atoms with Crippen LogP contribution >= 0.6 is 11.6 Å². The van der Waals surface area contributed by atoms with Crippen LogP contribution in [0.3, 0.4) is 0 Å². The second-order valence-corrected chi connectivity index (χ2v) is 5.44. The second kappa shape index (κ2) is 6.29. The molecule has 0 saturated carbocycles. The Labute approximate surface area is 125 Å². The van der Waals surface area contributed by atoms with Crippen molar-refractivity contribution in [1.29, 1.82) is 0 Å². The summed E-state index contributed by atoms with van der Waals surface area (Å²) in [5, 5.41) is 11.0. The Bertz CT molecular complexity index is 608. The molecule has 2 aromatic carbocycles. The van der Waals surface area contributed by atoms with Gasteiger partial charge in [-0.1, -0.05) is 29.8 Å². The fourth-order valence-electron chi connectivity index (χ4n) is 2.19. The number of aryl methyl sites for hydroxylation is 2. The predicted molar refractivity (Wildman–Crippen MR) is 82.6 cm³/mol. The third-order valence-electron chi connectivity index (χ3n) is 3.54. The average Bonchev–Trinajstić information content (AvgIpc) is 2.43. The lowest BCUT2D eigenvalue weighted by Gasteiger charge is -2.15. The highest BCUT2D eigenvalue weighted by Crippen LogP contribution is 2.29. The van der Waals surface area contributed by atoms with Gasteiger partial charge in [-0.05, 0) is 54.3 Å². The Morgan fingerprint density at radius 2 is 1.85 bits per heavy atom. The molecule has 0 aliphatic carbocycles. The van der Waals surface area contributed by atoms with Crippen LogP contribution < -0.4 is 4.74 Å². The summed E-state index contributed by atoms with van der Waals surface area (Å²) in [6.07, 6.45) is -0.103. The number of hydrogen-bond donors (Lipinski definition) is 1. The molecule has 2 aromatic rings. The van der Waals surface area contributed by atoms with Crippen LogP contribution in [0.25, 0.3) is 0 Å². The van der Waals surface area contributed by atoms with Gasteiger partial charge in [-0.3, -0.25) is 0 Å². The third-order valence-corrected chi connectivity index (χ3v) is 3.86. The number of rotatable bonds is 4. The van der Waals surface area contributed by atoms with Crippen molar-refractivity contribution < 1.29 is 9.84 Å². The van der Waals surface area contributed by atoms with Gasteiger partial charge in [0.1, 0.15) is 5.75 Å². The molecule has 1 atom stereocenters. The number of aliphatic hydroxyl groups excluding tert-OH is 1. The summed E-state index contributed by atoms with van der Waals surface area (Å²) in [6, 6.07) is 11.6. The van der Waals surface area contributed by atoms with E-state index in [0.29, 0.717) is 11.4 Å². The van der Waals surface area contributed by atoms with E-state index in [2.05, 4.69) is 0 Å². The van der Waals surface area contributed by atoms with E-state index in [4.69, 9.17) is 16.3 Å². The van der Waals surface area contributed by atoms with E-state index < -0.39 is 6.10 Å². The molecule has 0 amide bonds. The molecule has 0 aliphatic rings. The normalized spacial score (nSPS) is 12.2. The quantitative estimate of drug-likeness (QED) is 0.912. The maximum absolute atomic E-state index is 10.4. The van der Waals surface area contributed by atoms with E-state index in [9.17, 15) is 5.11 Å². The zero-order valence-corrected chi connectivity index (χ0v) is 12.7. The molecule has 0 heterocycles. The highest BCUT2D eigenvalue weighted by atomic mass is 35.5. The van der Waals surface area contributed by atoms with E-state index >= 15 is 0 Å². The first-order valence-corrected chi connectivity index (χ1v) is 6.96. The molecule has 0 saturated heterocycles. The van der Waals surface area contributed by atoms with Crippen molar-refractivity contribution in [3.05, 3.63) is 63.7 Å². The number of benzene rings is 2. The molecule has 0 bridgehead atoms. The number of halogens is 1. The summed E-state index contributed by atoms with van der Waals surface area (Å²) < 4.78 is 5.19. The van der Waals surface area contributed by atoms with Crippen molar-refractivity contribution in [2.45, 2.75) is 26.4 Å². The summed E-state index contributed by atoms with van der Waals surface area (Å²) in [4.78, 5) is 0. The molecule has 2 rings (SSSR count). The first kappa shape index (κ1) is 14.9. The largest absolute Gasteiger partial charge is 0.497 e. The van der Waals surface area contributed by atoms with Crippen molar-refractivity contribution >= 4 is 11.6 Å². The molecule has 1 unspecified atom stereocenters. The van der Waals surface area contributed by atoms with Crippen LogP contribution in [-0.4, -0.2) is 12.2 Å². The van der Waals surface area contributed by atoms with E-state index in [1.54, 1.807) is 7.11 Å². The van der Waals surface area contributed by atoms with Crippen LogP contribution in [0.2, 0.25) is 5.02 Å². The highest BCUT2D eigenvalue weighted by molar-refractivity contribution is 6.31. The van der Waals surface area contributed by atoms with Gasteiger partial charge >= 0.3 is 0 Å². The fourth-order valence-corrected chi connectivity index (χ4v) is 2.54. The van der Waals surface area contributed by atoms with Crippen molar-refractivity contribution in [2.75, 3.05) is 7.11 Å². The molecule has 0 radical (unpaired) electrons. The topological polar surface area (TPSA) is 29.5 Å². The first-order valence-electron chi connectivity index (χ1n) is 6.59. The van der Waals surface area contributed by atoms with Gasteiger partial charge < -0.3 is 9.84 Å². The smallest absolute Gasteiger partial charge is 0.119 e. The minimum absolute atomic E-state index is 0.513. The summed E-state index contributed by atoms with van der Waals surface area (Å²) in [6.45, 7) is 4.03. The van der Waals surface area contributed by atoms with Gasteiger partial charge in [-0.15, -0.1) is 0 Å². The molecule has 0 spiro atoms. The van der Waals surface area contributed by atoms with Gasteiger partial charge in [0.25, 0.3) is 0 Å². The zero-order valence-electron chi connectivity index (χ0n) is 12.0. The predicted octanol–water partition coefficient (Wildman–Crippen LogP) is 4.24. The van der Waals surface area contributed by atoms with Crippen molar-refractivity contribution in [1.82, 2.24) is 0 Å². The van der Waals surface area contributed by atoms with Gasteiger partial charge in [0, 0.05) is 11.4 Å². The lowest BCUT2D eigenvalue weighted by Crippen LogP contribution is -2.04. The molecular weight excluding hydrogens is 272 g/mol. The van der Waals surface area contributed by atoms with E-state index in [0.717, 1.165) is 28.0 Å². The molecular formula is C17H19ClO2. The molecule has 1 N–H and O–H groups in total. The Morgan fingerprint density at radius 3 is 2.55 bits per heavy atom. The monoisotopic (exact) mass is 290 g/mol. The maximum atomic E-state index is 10.4. The van der Waals surface area contributed by atoms with Crippen LogP contribution in [0.4, 0.5) is 0 Å². The summed E-state index contributed by atoms with van der Waals surface area (Å²) in [5.74, 6) is 0.792. The zero-order chi connectivity index (χ0) is 14.7. The van der Waals surface area contributed by atoms with E-state index in [-0.39, 0.29) is 0 Å². The van der Waals surface area contributed by atoms with Crippen LogP contribution in [0.1, 0.15) is 28.4 Å². The lowest BCUT2D eigenvalue weighted by molar-refractivity contribution is 0.178. The van der Waals surface area contributed by atoms with Crippen LogP contribution in [0.5, 0.6) is 5.75 Å².